The van der Waals surface area contributed by atoms with E-state index in [1.807, 2.05) is 0 Å². The maximum Gasteiger partial charge on any atom is 0.306 e. The Bertz CT molecular complexity index is 923. The molecule has 0 radical (unpaired) electrons. The fourth-order valence-electron chi connectivity index (χ4n) is 5.57. The molecule has 0 saturated carbocycles. The number of carbonyl (C=O) groups excluding carboxylic acids is 1. The number of allylic oxidation sites excluding steroid dienone is 14. The van der Waals surface area contributed by atoms with Crippen LogP contribution in [0.2, 0.25) is 0 Å². The third-order valence-corrected chi connectivity index (χ3v) is 8.70. The van der Waals surface area contributed by atoms with E-state index in [9.17, 15) is 9.90 Å². The molecule has 0 aliphatic rings. The number of ether oxygens (including phenoxy) is 2. The minimum atomic E-state index is -0.570. The van der Waals surface area contributed by atoms with E-state index in [-0.39, 0.29) is 19.2 Å². The van der Waals surface area contributed by atoms with Gasteiger partial charge in [-0.3, -0.25) is 4.79 Å². The van der Waals surface area contributed by atoms with Crippen molar-refractivity contribution >= 4 is 5.97 Å². The summed E-state index contributed by atoms with van der Waals surface area (Å²) in [5.41, 5.74) is 0. The van der Waals surface area contributed by atoms with Crippen molar-refractivity contribution in [2.24, 2.45) is 0 Å². The van der Waals surface area contributed by atoms with Crippen molar-refractivity contribution in [2.45, 2.75) is 187 Å². The fourth-order valence-corrected chi connectivity index (χ4v) is 5.57. The summed E-state index contributed by atoms with van der Waals surface area (Å²) in [5.74, 6) is -0.225. The Kier molecular flexibility index (Phi) is 41.6. The third kappa shape index (κ3) is 41.9. The summed E-state index contributed by atoms with van der Waals surface area (Å²) in [7, 11) is 0. The quantitative estimate of drug-likeness (QED) is 0.0394. The highest BCUT2D eigenvalue weighted by Crippen LogP contribution is 2.13. The predicted octanol–water partition coefficient (Wildman–Crippen LogP) is 14.0. The summed E-state index contributed by atoms with van der Waals surface area (Å²) < 4.78 is 11.1. The molecule has 0 aromatic heterocycles. The maximum atomic E-state index is 12.2. The van der Waals surface area contributed by atoms with Gasteiger partial charge >= 0.3 is 5.97 Å². The van der Waals surface area contributed by atoms with Gasteiger partial charge in [0, 0.05) is 13.0 Å². The standard InChI is InChI=1S/C47H80O4/c1-3-5-7-9-11-13-15-17-19-21-23-25-27-29-31-33-35-37-39-41-43-50-45-46(44-48)51-47(49)42-40-38-36-34-32-30-28-26-24-22-20-18-16-14-12-10-8-6-4-2/h5,7,11,13,17-20,23,25,29,31,35,37,46,48H,3-4,6,8-10,12,14-16,21-22,24,26-28,30,32-34,36,38-45H2,1-2H3/b7-5-,13-11-,19-17-,20-18-,25-23-,31-29-,37-35-. The maximum absolute atomic E-state index is 12.2. The first-order valence-corrected chi connectivity index (χ1v) is 21.2. The van der Waals surface area contributed by atoms with E-state index in [4.69, 9.17) is 9.47 Å². The zero-order chi connectivity index (χ0) is 37.0. The van der Waals surface area contributed by atoms with E-state index < -0.39 is 6.10 Å². The molecule has 0 bridgehead atoms. The molecule has 0 saturated heterocycles. The van der Waals surface area contributed by atoms with E-state index >= 15 is 0 Å². The molecule has 0 aromatic rings. The van der Waals surface area contributed by atoms with Crippen LogP contribution >= 0.6 is 0 Å². The molecule has 292 valence electrons. The largest absolute Gasteiger partial charge is 0.457 e. The zero-order valence-electron chi connectivity index (χ0n) is 33.3. The second kappa shape index (κ2) is 43.7. The number of hydrogen-bond donors (Lipinski definition) is 1. The summed E-state index contributed by atoms with van der Waals surface area (Å²) in [4.78, 5) is 12.2. The number of aliphatic hydroxyl groups excluding tert-OH is 1. The van der Waals surface area contributed by atoms with Gasteiger partial charge in [0.1, 0.15) is 6.10 Å². The topological polar surface area (TPSA) is 55.8 Å². The Morgan fingerprint density at radius 2 is 0.882 bits per heavy atom. The van der Waals surface area contributed by atoms with Gasteiger partial charge in [0.05, 0.1) is 13.2 Å². The van der Waals surface area contributed by atoms with Crippen LogP contribution in [0.25, 0.3) is 0 Å². The lowest BCUT2D eigenvalue weighted by Crippen LogP contribution is -2.27. The Labute approximate surface area is 316 Å². The Hall–Kier alpha value is -2.43. The molecule has 0 aromatic carbocycles. The molecule has 1 N–H and O–H groups in total. The molecule has 1 atom stereocenters. The van der Waals surface area contributed by atoms with Crippen molar-refractivity contribution in [3.8, 4) is 0 Å². The molecule has 1 unspecified atom stereocenters. The first kappa shape index (κ1) is 48.6. The fraction of sp³-hybridized carbons (Fsp3) is 0.681. The molecule has 4 heteroatoms. The highest BCUT2D eigenvalue weighted by Gasteiger charge is 2.13. The average Bonchev–Trinajstić information content (AvgIpc) is 3.14. The number of aliphatic hydroxyl groups is 1. The average molecular weight is 709 g/mol. The van der Waals surface area contributed by atoms with Gasteiger partial charge in [-0.1, -0.05) is 176 Å². The molecule has 0 aliphatic heterocycles. The SMILES string of the molecule is CC/C=C\C/C=C\C/C=C\C/C=C\C/C=C\C/C=C\CCCOCC(CO)OC(=O)CCCCCCCCCCC/C=C\CCCCCCCC. The van der Waals surface area contributed by atoms with Gasteiger partial charge in [0.25, 0.3) is 0 Å². The van der Waals surface area contributed by atoms with Gasteiger partial charge in [-0.15, -0.1) is 0 Å². The van der Waals surface area contributed by atoms with Gasteiger partial charge in [-0.25, -0.2) is 0 Å². The minimum Gasteiger partial charge on any atom is -0.457 e. The third-order valence-electron chi connectivity index (χ3n) is 8.70. The Balaban J connectivity index is 3.57. The number of esters is 1. The van der Waals surface area contributed by atoms with Gasteiger partial charge in [0.15, 0.2) is 0 Å². The Morgan fingerprint density at radius 3 is 1.35 bits per heavy atom. The van der Waals surface area contributed by atoms with Crippen LogP contribution in [0.5, 0.6) is 0 Å². The van der Waals surface area contributed by atoms with Crippen LogP contribution in [0, 0.1) is 0 Å². The first-order valence-electron chi connectivity index (χ1n) is 21.2. The van der Waals surface area contributed by atoms with Gasteiger partial charge in [0.2, 0.25) is 0 Å². The molecule has 0 rings (SSSR count). The number of carbonyl (C=O) groups is 1. The van der Waals surface area contributed by atoms with E-state index in [2.05, 4.69) is 98.9 Å². The summed E-state index contributed by atoms with van der Waals surface area (Å²) in [6.45, 7) is 5.08. The molecule has 0 heterocycles. The van der Waals surface area contributed by atoms with Gasteiger partial charge in [-0.05, 0) is 83.5 Å². The lowest BCUT2D eigenvalue weighted by molar-refractivity contribution is -0.154. The molecule has 4 nitrogen and oxygen atoms in total. The lowest BCUT2D eigenvalue weighted by Gasteiger charge is -2.15. The highest BCUT2D eigenvalue weighted by molar-refractivity contribution is 5.69. The summed E-state index contributed by atoms with van der Waals surface area (Å²) in [6, 6.07) is 0. The smallest absolute Gasteiger partial charge is 0.306 e. The lowest BCUT2D eigenvalue weighted by atomic mass is 10.1. The van der Waals surface area contributed by atoms with Crippen LogP contribution in [0.3, 0.4) is 0 Å². The first-order chi connectivity index (χ1) is 25.2. The summed E-state index contributed by atoms with van der Waals surface area (Å²) >= 11 is 0. The molecular weight excluding hydrogens is 629 g/mol. The second-order valence-corrected chi connectivity index (χ2v) is 13.7. The van der Waals surface area contributed by atoms with Crippen molar-refractivity contribution in [1.82, 2.24) is 0 Å². The monoisotopic (exact) mass is 709 g/mol. The number of rotatable bonds is 38. The van der Waals surface area contributed by atoms with Crippen molar-refractivity contribution in [2.75, 3.05) is 19.8 Å². The van der Waals surface area contributed by atoms with Crippen LogP contribution in [0.1, 0.15) is 181 Å². The van der Waals surface area contributed by atoms with Gasteiger partial charge in [-0.2, -0.15) is 0 Å². The minimum absolute atomic E-state index is 0.200. The van der Waals surface area contributed by atoms with Crippen molar-refractivity contribution in [3.63, 3.8) is 0 Å². The normalized spacial score (nSPS) is 13.2. The Morgan fingerprint density at radius 1 is 0.490 bits per heavy atom. The van der Waals surface area contributed by atoms with Crippen molar-refractivity contribution in [3.05, 3.63) is 85.1 Å². The van der Waals surface area contributed by atoms with Gasteiger partial charge < -0.3 is 14.6 Å². The van der Waals surface area contributed by atoms with E-state index in [0.717, 1.165) is 64.2 Å². The zero-order valence-corrected chi connectivity index (χ0v) is 33.3. The molecule has 0 spiro atoms. The number of unbranched alkanes of at least 4 members (excludes halogenated alkanes) is 16. The summed E-state index contributed by atoms with van der Waals surface area (Å²) in [5, 5.41) is 9.59. The van der Waals surface area contributed by atoms with E-state index in [0.29, 0.717) is 13.0 Å². The van der Waals surface area contributed by atoms with Crippen molar-refractivity contribution < 1.29 is 19.4 Å². The molecule has 0 amide bonds. The molecular formula is C47H80O4. The molecule has 51 heavy (non-hydrogen) atoms. The van der Waals surface area contributed by atoms with Crippen molar-refractivity contribution in [1.29, 1.82) is 0 Å². The second-order valence-electron chi connectivity index (χ2n) is 13.7. The predicted molar refractivity (Wildman–Crippen MR) is 223 cm³/mol. The van der Waals surface area contributed by atoms with Crippen LogP contribution < -0.4 is 0 Å². The molecule has 0 aliphatic carbocycles. The highest BCUT2D eigenvalue weighted by atomic mass is 16.6. The number of hydrogen-bond acceptors (Lipinski definition) is 4. The molecule has 0 fully saturated rings. The van der Waals surface area contributed by atoms with E-state index in [1.165, 1.54) is 96.3 Å². The summed E-state index contributed by atoms with van der Waals surface area (Å²) in [6.07, 6.45) is 60.8. The van der Waals surface area contributed by atoms with Crippen LogP contribution in [0.4, 0.5) is 0 Å². The van der Waals surface area contributed by atoms with Crippen LogP contribution in [-0.2, 0) is 14.3 Å². The van der Waals surface area contributed by atoms with Crippen LogP contribution in [0.15, 0.2) is 85.1 Å². The van der Waals surface area contributed by atoms with Crippen LogP contribution in [-0.4, -0.2) is 37.0 Å². The van der Waals surface area contributed by atoms with E-state index in [1.54, 1.807) is 0 Å².